The molecule has 22 heavy (non-hydrogen) atoms. The summed E-state index contributed by atoms with van der Waals surface area (Å²) in [6.45, 7) is 0.804. The summed E-state index contributed by atoms with van der Waals surface area (Å²) < 4.78 is 9.60. The van der Waals surface area contributed by atoms with Crippen molar-refractivity contribution in [1.29, 1.82) is 0 Å². The molecule has 1 aromatic heterocycles. The molecule has 8 nitrogen and oxygen atoms in total. The highest BCUT2D eigenvalue weighted by Crippen LogP contribution is 2.21. The Hall–Kier alpha value is -2.29. The van der Waals surface area contributed by atoms with Gasteiger partial charge in [0.25, 0.3) is 0 Å². The SMILES string of the molecule is COC(=O)[C@@H]1CN(C(=O)/C=C/c2ccc([N+](=O)[O-])o2)CCS1. The monoisotopic (exact) mass is 326 g/mol. The van der Waals surface area contributed by atoms with Gasteiger partial charge in [0.2, 0.25) is 5.91 Å². The molecular weight excluding hydrogens is 312 g/mol. The van der Waals surface area contributed by atoms with Gasteiger partial charge in [-0.2, -0.15) is 0 Å². The molecule has 1 amide bonds. The van der Waals surface area contributed by atoms with E-state index >= 15 is 0 Å². The van der Waals surface area contributed by atoms with Gasteiger partial charge in [-0.05, 0) is 12.1 Å². The van der Waals surface area contributed by atoms with Crippen molar-refractivity contribution in [2.75, 3.05) is 26.0 Å². The molecule has 0 bridgehead atoms. The number of furan rings is 1. The molecule has 0 aliphatic carbocycles. The van der Waals surface area contributed by atoms with Crippen molar-refractivity contribution in [3.05, 3.63) is 34.1 Å². The molecule has 0 radical (unpaired) electrons. The van der Waals surface area contributed by atoms with Crippen LogP contribution in [0.2, 0.25) is 0 Å². The van der Waals surface area contributed by atoms with Crippen LogP contribution in [0.5, 0.6) is 0 Å². The maximum Gasteiger partial charge on any atom is 0.433 e. The van der Waals surface area contributed by atoms with E-state index in [-0.39, 0.29) is 35.3 Å². The number of rotatable bonds is 4. The van der Waals surface area contributed by atoms with Crippen molar-refractivity contribution in [2.45, 2.75) is 5.25 Å². The number of hydrogen-bond acceptors (Lipinski definition) is 7. The Morgan fingerprint density at radius 1 is 1.55 bits per heavy atom. The molecule has 1 atom stereocenters. The van der Waals surface area contributed by atoms with Crippen molar-refractivity contribution >= 4 is 35.6 Å². The molecule has 1 aliphatic rings. The number of methoxy groups -OCH3 is 1. The summed E-state index contributed by atoms with van der Waals surface area (Å²) >= 11 is 1.45. The molecular formula is C13H14N2O6S. The number of nitrogens with zero attached hydrogens (tertiary/aromatic N) is 2. The van der Waals surface area contributed by atoms with Gasteiger partial charge in [-0.15, -0.1) is 11.8 Å². The fourth-order valence-corrected chi connectivity index (χ4v) is 3.04. The van der Waals surface area contributed by atoms with Crippen molar-refractivity contribution in [1.82, 2.24) is 4.90 Å². The Morgan fingerprint density at radius 3 is 2.95 bits per heavy atom. The maximum absolute atomic E-state index is 12.1. The minimum absolute atomic E-state index is 0.218. The van der Waals surface area contributed by atoms with Gasteiger partial charge in [-0.1, -0.05) is 0 Å². The normalized spacial score (nSPS) is 18.4. The zero-order chi connectivity index (χ0) is 16.1. The summed E-state index contributed by atoms with van der Waals surface area (Å²) in [5.41, 5.74) is 0. The van der Waals surface area contributed by atoms with Crippen LogP contribution in [0.4, 0.5) is 5.88 Å². The van der Waals surface area contributed by atoms with Gasteiger partial charge in [-0.3, -0.25) is 19.7 Å². The van der Waals surface area contributed by atoms with E-state index in [1.54, 1.807) is 0 Å². The molecule has 1 aromatic rings. The lowest BCUT2D eigenvalue weighted by Crippen LogP contribution is -2.44. The Balaban J connectivity index is 1.97. The number of hydrogen-bond donors (Lipinski definition) is 0. The van der Waals surface area contributed by atoms with Crippen LogP contribution in [-0.2, 0) is 14.3 Å². The first-order chi connectivity index (χ1) is 10.5. The lowest BCUT2D eigenvalue weighted by atomic mass is 10.3. The molecule has 9 heteroatoms. The molecule has 118 valence electrons. The van der Waals surface area contributed by atoms with Crippen LogP contribution >= 0.6 is 11.8 Å². The van der Waals surface area contributed by atoms with Crippen molar-refractivity contribution in [2.24, 2.45) is 0 Å². The van der Waals surface area contributed by atoms with E-state index in [9.17, 15) is 19.7 Å². The zero-order valence-corrected chi connectivity index (χ0v) is 12.6. The average molecular weight is 326 g/mol. The molecule has 0 N–H and O–H groups in total. The number of ether oxygens (including phenoxy) is 1. The molecule has 0 saturated carbocycles. The van der Waals surface area contributed by atoms with Gasteiger partial charge < -0.3 is 14.1 Å². The second kappa shape index (κ2) is 7.12. The molecule has 0 spiro atoms. The summed E-state index contributed by atoms with van der Waals surface area (Å²) in [5, 5.41) is 10.1. The van der Waals surface area contributed by atoms with Crippen molar-refractivity contribution in [3.8, 4) is 0 Å². The summed E-state index contributed by atoms with van der Waals surface area (Å²) in [7, 11) is 1.31. The second-order valence-electron chi connectivity index (χ2n) is 4.43. The fourth-order valence-electron chi connectivity index (χ4n) is 1.91. The van der Waals surface area contributed by atoms with E-state index in [1.807, 2.05) is 0 Å². The van der Waals surface area contributed by atoms with E-state index in [0.717, 1.165) is 0 Å². The number of amides is 1. The third-order valence-electron chi connectivity index (χ3n) is 3.02. The zero-order valence-electron chi connectivity index (χ0n) is 11.8. The maximum atomic E-state index is 12.1. The van der Waals surface area contributed by atoms with Gasteiger partial charge in [0.05, 0.1) is 13.2 Å². The molecule has 0 unspecified atom stereocenters. The van der Waals surface area contributed by atoms with Crippen LogP contribution in [-0.4, -0.2) is 52.9 Å². The number of thioether (sulfide) groups is 1. The van der Waals surface area contributed by atoms with E-state index < -0.39 is 4.92 Å². The predicted octanol–water partition coefficient (Wildman–Crippen LogP) is 1.32. The van der Waals surface area contributed by atoms with Crippen LogP contribution in [0.3, 0.4) is 0 Å². The van der Waals surface area contributed by atoms with E-state index in [4.69, 9.17) is 4.42 Å². The van der Waals surface area contributed by atoms with Gasteiger partial charge in [0, 0.05) is 24.9 Å². The van der Waals surface area contributed by atoms with Crippen LogP contribution in [0.1, 0.15) is 5.76 Å². The minimum Gasteiger partial charge on any atom is -0.468 e. The third-order valence-corrected chi connectivity index (χ3v) is 4.19. The van der Waals surface area contributed by atoms with Crippen molar-refractivity contribution in [3.63, 3.8) is 0 Å². The van der Waals surface area contributed by atoms with Crippen LogP contribution in [0, 0.1) is 10.1 Å². The molecule has 1 aliphatic heterocycles. The average Bonchev–Trinajstić information content (AvgIpc) is 3.01. The van der Waals surface area contributed by atoms with Crippen LogP contribution in [0.15, 0.2) is 22.6 Å². The van der Waals surface area contributed by atoms with Gasteiger partial charge in [0.1, 0.15) is 15.9 Å². The Labute approximate surface area is 130 Å². The lowest BCUT2D eigenvalue weighted by molar-refractivity contribution is -0.402. The quantitative estimate of drug-likeness (QED) is 0.356. The standard InChI is InChI=1S/C13H14N2O6S/c1-20-13(17)10-8-14(6-7-22-10)11(16)4-2-9-3-5-12(21-9)15(18)19/h2-5,10H,6-8H2,1H3/b4-2+/t10-/m0/s1. The molecule has 1 saturated heterocycles. The van der Waals surface area contributed by atoms with Crippen LogP contribution in [0.25, 0.3) is 6.08 Å². The van der Waals surface area contributed by atoms with E-state index in [2.05, 4.69) is 4.74 Å². The topological polar surface area (TPSA) is 103 Å². The third kappa shape index (κ3) is 3.88. The molecule has 0 aromatic carbocycles. The predicted molar refractivity (Wildman–Crippen MR) is 79.2 cm³/mol. The fraction of sp³-hybridized carbons (Fsp3) is 0.385. The highest BCUT2D eigenvalue weighted by atomic mass is 32.2. The van der Waals surface area contributed by atoms with E-state index in [1.165, 1.54) is 48.1 Å². The van der Waals surface area contributed by atoms with Gasteiger partial charge in [-0.25, -0.2) is 0 Å². The minimum atomic E-state index is -0.651. The first kappa shape index (κ1) is 16.1. The number of esters is 1. The lowest BCUT2D eigenvalue weighted by Gasteiger charge is -2.30. The highest BCUT2D eigenvalue weighted by Gasteiger charge is 2.28. The number of carbonyl (C=O) groups is 2. The Kier molecular flexibility index (Phi) is 5.21. The number of nitro groups is 1. The molecule has 2 heterocycles. The number of carbonyl (C=O) groups excluding carboxylic acids is 2. The van der Waals surface area contributed by atoms with Gasteiger partial charge in [0.15, 0.2) is 0 Å². The summed E-state index contributed by atoms with van der Waals surface area (Å²) in [6.07, 6.45) is 2.64. The summed E-state index contributed by atoms with van der Waals surface area (Å²) in [6, 6.07) is 2.63. The van der Waals surface area contributed by atoms with Gasteiger partial charge >= 0.3 is 11.9 Å². The second-order valence-corrected chi connectivity index (χ2v) is 5.74. The largest absolute Gasteiger partial charge is 0.468 e. The smallest absolute Gasteiger partial charge is 0.433 e. The first-order valence-corrected chi connectivity index (χ1v) is 7.47. The van der Waals surface area contributed by atoms with E-state index in [0.29, 0.717) is 12.3 Å². The van der Waals surface area contributed by atoms with Crippen molar-refractivity contribution < 1.29 is 23.7 Å². The Bertz CT molecular complexity index is 611. The Morgan fingerprint density at radius 2 is 2.32 bits per heavy atom. The molecule has 1 fully saturated rings. The first-order valence-electron chi connectivity index (χ1n) is 6.42. The summed E-state index contributed by atoms with van der Waals surface area (Å²) in [4.78, 5) is 35.0. The highest BCUT2D eigenvalue weighted by molar-refractivity contribution is 8.00. The molecule has 2 rings (SSSR count). The summed E-state index contributed by atoms with van der Waals surface area (Å²) in [5.74, 6) is -0.157. The van der Waals surface area contributed by atoms with Crippen LogP contribution < -0.4 is 0 Å².